The number of phosphoric acid groups is 2. The average Bonchev–Trinajstić information content (AvgIpc) is 0.911. The number of hydrogen-bond donors (Lipinski definition) is 4. The summed E-state index contributed by atoms with van der Waals surface area (Å²) in [6.07, 6.45) is 101. The normalized spacial score (nSPS) is 14.9. The molecule has 0 aromatic rings. The van der Waals surface area contributed by atoms with Crippen molar-refractivity contribution in [3.05, 3.63) is 182 Å². The van der Waals surface area contributed by atoms with E-state index in [-0.39, 0.29) is 19.3 Å². The van der Waals surface area contributed by atoms with E-state index in [2.05, 4.69) is 191 Å². The van der Waals surface area contributed by atoms with Gasteiger partial charge in [0, 0.05) is 19.3 Å². The van der Waals surface area contributed by atoms with Crippen LogP contribution in [0.25, 0.3) is 0 Å². The van der Waals surface area contributed by atoms with Crippen LogP contribution in [0, 0.1) is 0 Å². The van der Waals surface area contributed by atoms with E-state index in [4.69, 9.17) is 32.3 Å². The summed E-state index contributed by atoms with van der Waals surface area (Å²) in [5.74, 6) is -1.69. The molecule has 0 radical (unpaired) electrons. The lowest BCUT2D eigenvalue weighted by molar-refractivity contribution is -0.161. The summed E-state index contributed by atoms with van der Waals surface area (Å²) in [5, 5.41) is 20.6. The van der Waals surface area contributed by atoms with Crippen LogP contribution in [-0.2, 0) is 55.8 Å². The van der Waals surface area contributed by atoms with Crippen LogP contribution in [0.2, 0.25) is 0 Å². The number of phosphoric ester groups is 2. The molecule has 0 aromatic carbocycles. The first-order chi connectivity index (χ1) is 51.2. The lowest BCUT2D eigenvalue weighted by atomic mass is 10.0. The Labute approximate surface area is 636 Å². The molecule has 0 aliphatic heterocycles. The Morgan fingerprint density at radius 2 is 0.486 bits per heavy atom. The Morgan fingerprint density at radius 1 is 0.267 bits per heavy atom. The molecule has 16 nitrogen and oxygen atoms in total. The molecule has 18 heteroatoms. The molecule has 0 rings (SSSR count). The van der Waals surface area contributed by atoms with Gasteiger partial charge in [0.25, 0.3) is 0 Å². The Bertz CT molecular complexity index is 2640. The molecular weight excluding hydrogens is 1360 g/mol. The van der Waals surface area contributed by atoms with Gasteiger partial charge in [0.2, 0.25) is 0 Å². The summed E-state index contributed by atoms with van der Waals surface area (Å²) in [4.78, 5) is 58.6. The number of allylic oxidation sites excluding steroid dienone is 30. The zero-order valence-corrected chi connectivity index (χ0v) is 66.9. The van der Waals surface area contributed by atoms with Gasteiger partial charge < -0.3 is 34.2 Å². The zero-order chi connectivity index (χ0) is 76.6. The molecule has 0 heterocycles. The second-order valence-electron chi connectivity index (χ2n) is 26.1. The number of carbonyl (C=O) groups is 3. The van der Waals surface area contributed by atoms with Crippen molar-refractivity contribution in [3.63, 3.8) is 0 Å². The predicted molar refractivity (Wildman–Crippen MR) is 435 cm³/mol. The highest BCUT2D eigenvalue weighted by atomic mass is 31.2. The number of esters is 3. The van der Waals surface area contributed by atoms with Gasteiger partial charge in [0.15, 0.2) is 6.10 Å². The molecule has 0 aromatic heterocycles. The smallest absolute Gasteiger partial charge is 0.463 e. The first-order valence-corrected chi connectivity index (χ1v) is 43.1. The van der Waals surface area contributed by atoms with Crippen LogP contribution in [0.3, 0.4) is 0 Å². The van der Waals surface area contributed by atoms with Crippen molar-refractivity contribution >= 4 is 33.6 Å². The molecule has 0 saturated heterocycles. The fourth-order valence-electron chi connectivity index (χ4n) is 10.1. The molecule has 596 valence electrons. The van der Waals surface area contributed by atoms with E-state index in [0.29, 0.717) is 25.7 Å². The summed E-state index contributed by atoms with van der Waals surface area (Å²) in [5.41, 5.74) is 0. The third-order valence-corrected chi connectivity index (χ3v) is 18.0. The lowest BCUT2D eigenvalue weighted by Crippen LogP contribution is -2.30. The molecule has 105 heavy (non-hydrogen) atoms. The predicted octanol–water partition coefficient (Wildman–Crippen LogP) is 23.8. The van der Waals surface area contributed by atoms with E-state index in [1.807, 2.05) is 12.2 Å². The Balaban J connectivity index is 4.54. The second kappa shape index (κ2) is 78.2. The van der Waals surface area contributed by atoms with Crippen molar-refractivity contribution in [1.29, 1.82) is 0 Å². The Hall–Kier alpha value is -5.35. The highest BCUT2D eigenvalue weighted by molar-refractivity contribution is 7.47. The van der Waals surface area contributed by atoms with Crippen LogP contribution in [0.5, 0.6) is 0 Å². The Kier molecular flexibility index (Phi) is 74.3. The molecule has 0 amide bonds. The number of aliphatic hydroxyl groups is 2. The molecule has 0 aliphatic carbocycles. The van der Waals surface area contributed by atoms with Crippen molar-refractivity contribution < 1.29 is 75.8 Å². The van der Waals surface area contributed by atoms with Gasteiger partial charge in [0.05, 0.1) is 26.4 Å². The molecule has 0 spiro atoms. The SMILES string of the molecule is CC/C=C\C/C=C\C/C=C\C/C=C\C/C=C\CCCCCCCCCCCCCCCCCCCC(=O)OCC(O)COP(=O)(O)OCC(O)COP(=O)(O)OCC(COC(=O)CCCCC/C=C\C/C=C\C/C=C\C/C=C\C/C=C\CC)OC(=O)CCC/C=C\C/C=C\C/C=C\C/C=C\C/C=C\CC. The number of aliphatic hydroxyl groups excluding tert-OH is 2. The van der Waals surface area contributed by atoms with E-state index in [9.17, 15) is 43.5 Å². The molecular formula is C87H142O16P2. The highest BCUT2D eigenvalue weighted by Gasteiger charge is 2.29. The van der Waals surface area contributed by atoms with E-state index >= 15 is 0 Å². The number of hydrogen-bond acceptors (Lipinski definition) is 14. The third-order valence-electron chi connectivity index (χ3n) is 16.1. The second-order valence-corrected chi connectivity index (χ2v) is 29.0. The molecule has 5 atom stereocenters. The van der Waals surface area contributed by atoms with Gasteiger partial charge in [-0.25, -0.2) is 9.13 Å². The van der Waals surface area contributed by atoms with E-state index in [0.717, 1.165) is 135 Å². The van der Waals surface area contributed by atoms with Crippen LogP contribution < -0.4 is 0 Å². The minimum absolute atomic E-state index is 0.0122. The molecule has 0 aliphatic rings. The minimum Gasteiger partial charge on any atom is -0.463 e. The van der Waals surface area contributed by atoms with Crippen LogP contribution in [0.4, 0.5) is 0 Å². The van der Waals surface area contributed by atoms with E-state index in [1.165, 1.54) is 89.9 Å². The summed E-state index contributed by atoms with van der Waals surface area (Å²) in [6, 6.07) is 0. The highest BCUT2D eigenvalue weighted by Crippen LogP contribution is 2.45. The van der Waals surface area contributed by atoms with Crippen LogP contribution in [0.1, 0.15) is 290 Å². The third kappa shape index (κ3) is 79.5. The summed E-state index contributed by atoms with van der Waals surface area (Å²) >= 11 is 0. The van der Waals surface area contributed by atoms with Crippen molar-refractivity contribution in [1.82, 2.24) is 0 Å². The van der Waals surface area contributed by atoms with E-state index < -0.39 is 91.5 Å². The fourth-order valence-corrected chi connectivity index (χ4v) is 11.7. The number of rotatable bonds is 74. The largest absolute Gasteiger partial charge is 0.472 e. The molecule has 5 unspecified atom stereocenters. The fraction of sp³-hybridized carbons (Fsp3) is 0.621. The van der Waals surface area contributed by atoms with Crippen LogP contribution >= 0.6 is 15.6 Å². The summed E-state index contributed by atoms with van der Waals surface area (Å²) in [6.45, 7) is 2.22. The average molecular weight is 1510 g/mol. The van der Waals surface area contributed by atoms with E-state index in [1.54, 1.807) is 0 Å². The van der Waals surface area contributed by atoms with Crippen molar-refractivity contribution in [2.24, 2.45) is 0 Å². The van der Waals surface area contributed by atoms with Gasteiger partial charge in [-0.1, -0.05) is 306 Å². The first kappa shape index (κ1) is 99.7. The lowest BCUT2D eigenvalue weighted by Gasteiger charge is -2.21. The number of ether oxygens (including phenoxy) is 3. The summed E-state index contributed by atoms with van der Waals surface area (Å²) in [7, 11) is -9.83. The van der Waals surface area contributed by atoms with Crippen molar-refractivity contribution in [2.75, 3.05) is 39.6 Å². The maximum absolute atomic E-state index is 12.9. The van der Waals surface area contributed by atoms with Crippen LogP contribution in [-0.4, -0.2) is 95.9 Å². The quantitative estimate of drug-likeness (QED) is 0.0146. The van der Waals surface area contributed by atoms with Crippen molar-refractivity contribution in [3.8, 4) is 0 Å². The first-order valence-electron chi connectivity index (χ1n) is 40.1. The Morgan fingerprint density at radius 3 is 0.790 bits per heavy atom. The number of unbranched alkanes of at least 4 members (excludes halogenated alkanes) is 21. The molecule has 0 bridgehead atoms. The monoisotopic (exact) mass is 1500 g/mol. The maximum Gasteiger partial charge on any atom is 0.472 e. The zero-order valence-electron chi connectivity index (χ0n) is 65.1. The topological polar surface area (TPSA) is 231 Å². The molecule has 4 N–H and O–H groups in total. The maximum atomic E-state index is 12.9. The van der Waals surface area contributed by atoms with Gasteiger partial charge in [-0.3, -0.25) is 32.5 Å². The van der Waals surface area contributed by atoms with Gasteiger partial charge in [-0.2, -0.15) is 0 Å². The van der Waals surface area contributed by atoms with Gasteiger partial charge in [0.1, 0.15) is 25.4 Å². The van der Waals surface area contributed by atoms with Gasteiger partial charge in [-0.05, 0) is 148 Å². The standard InChI is InChI=1S/C87H142O16P2/c1-4-7-10-13-16-19-22-25-28-31-33-34-35-36-37-38-39-40-41-42-43-44-45-46-48-51-52-55-58-61-64-67-70-73-85(90)97-76-82(88)77-99-104(93,94)100-78-83(89)79-101-105(95,96)102-81-84(103-87(92)75-72-69-66-63-60-57-54-49-30-27-24-21-18-15-12-9-6-3)80-98-86(91)74-71-68-65-62-59-56-53-50-47-32-29-26-23-20-17-14-11-8-5-2/h7-12,16-21,25-30,33-34,36-37,47,50,54,56-57,59,63,66,82-84,88-89H,4-6,13-15,22-24,31-32,35,38-46,48-49,51-53,55,58,60-62,64-65,67-81H2,1-3H3,(H,93,94)(H,95,96)/b10-7-,11-8-,12-9-,19-16-,20-17-,21-18-,28-25-,29-26-,30-27-,34-33-,37-36-,50-47-,57-54-,59-56-,66-63-. The molecule has 0 saturated carbocycles. The number of carbonyl (C=O) groups excluding carboxylic acids is 3. The van der Waals surface area contributed by atoms with Gasteiger partial charge >= 0.3 is 33.6 Å². The van der Waals surface area contributed by atoms with Gasteiger partial charge in [-0.15, -0.1) is 0 Å². The minimum atomic E-state index is -4.96. The van der Waals surface area contributed by atoms with Crippen molar-refractivity contribution in [2.45, 2.75) is 309 Å². The summed E-state index contributed by atoms with van der Waals surface area (Å²) < 4.78 is 61.0. The van der Waals surface area contributed by atoms with Crippen LogP contribution in [0.15, 0.2) is 182 Å². The molecule has 0 fully saturated rings.